The molecule has 1 aliphatic heterocycles. The van der Waals surface area contributed by atoms with Crippen LogP contribution in [0.5, 0.6) is 0 Å². The molecule has 40 heavy (non-hydrogen) atoms. The summed E-state index contributed by atoms with van der Waals surface area (Å²) < 4.78 is 58.9. The van der Waals surface area contributed by atoms with Gasteiger partial charge in [0.1, 0.15) is 0 Å². The van der Waals surface area contributed by atoms with Crippen LogP contribution in [-0.4, -0.2) is 24.4 Å². The minimum atomic E-state index is -5.02. The third kappa shape index (κ3) is 4.28. The molecule has 0 N–H and O–H groups in total. The predicted octanol–water partition coefficient (Wildman–Crippen LogP) is 6.92. The summed E-state index contributed by atoms with van der Waals surface area (Å²) in [5.74, 6) is 0.360. The molecule has 0 amide bonds. The molecular formula is C33H28F3O3P. The van der Waals surface area contributed by atoms with E-state index in [9.17, 15) is 4.79 Å². The second-order valence-electron chi connectivity index (χ2n) is 9.44. The van der Waals surface area contributed by atoms with E-state index in [2.05, 4.69) is 0 Å². The Kier molecular flexibility index (Phi) is 7.26. The molecule has 1 unspecified atom stereocenters. The van der Waals surface area contributed by atoms with Crippen molar-refractivity contribution in [2.24, 2.45) is 0 Å². The second kappa shape index (κ2) is 10.5. The Bertz CT molecular complexity index is 1440. The monoisotopic (exact) mass is 560 g/mol. The summed E-state index contributed by atoms with van der Waals surface area (Å²) in [7, 11) is 0. The maximum absolute atomic E-state index is 15.6. The Balaban J connectivity index is 1.96. The van der Waals surface area contributed by atoms with Crippen molar-refractivity contribution in [3.63, 3.8) is 0 Å². The van der Waals surface area contributed by atoms with Crippen LogP contribution in [0.25, 0.3) is 6.08 Å². The number of alkyl halides is 3. The Morgan fingerprint density at radius 1 is 0.775 bits per heavy atom. The summed E-state index contributed by atoms with van der Waals surface area (Å²) in [6.45, 7) is -3.15. The van der Waals surface area contributed by atoms with Gasteiger partial charge in [0.05, 0.1) is 0 Å². The third-order valence-electron chi connectivity index (χ3n) is 7.14. The topological polar surface area (TPSA) is 35.5 Å². The van der Waals surface area contributed by atoms with Crippen LogP contribution in [-0.2, 0) is 14.1 Å². The van der Waals surface area contributed by atoms with Crippen LogP contribution in [0.2, 0.25) is 0 Å². The van der Waals surface area contributed by atoms with Gasteiger partial charge in [-0.25, -0.2) is 0 Å². The fourth-order valence-corrected chi connectivity index (χ4v) is 11.0. The first-order chi connectivity index (χ1) is 19.3. The molecule has 1 atom stereocenters. The van der Waals surface area contributed by atoms with Gasteiger partial charge in [-0.1, -0.05) is 0 Å². The number of carbonyl (C=O) groups excluding carboxylic acids is 1. The quantitative estimate of drug-likeness (QED) is 0.182. The molecule has 4 aromatic carbocycles. The van der Waals surface area contributed by atoms with Crippen molar-refractivity contribution >= 4 is 34.8 Å². The van der Waals surface area contributed by atoms with Gasteiger partial charge < -0.3 is 0 Å². The molecule has 4 aromatic rings. The van der Waals surface area contributed by atoms with Gasteiger partial charge in [-0.2, -0.15) is 0 Å². The zero-order chi connectivity index (χ0) is 28.3. The molecule has 0 radical (unpaired) electrons. The van der Waals surface area contributed by atoms with Crippen molar-refractivity contribution < 1.29 is 27.2 Å². The van der Waals surface area contributed by atoms with Crippen molar-refractivity contribution in [3.8, 4) is 0 Å². The van der Waals surface area contributed by atoms with E-state index in [1.807, 2.05) is 0 Å². The Labute approximate surface area is 231 Å². The molecule has 0 aromatic heterocycles. The Hall–Kier alpha value is -3.99. The first-order valence-corrected chi connectivity index (χ1v) is 15.1. The molecule has 0 saturated carbocycles. The van der Waals surface area contributed by atoms with Gasteiger partial charge in [0.15, 0.2) is 0 Å². The molecule has 0 aliphatic carbocycles. The molecule has 7 heteroatoms. The van der Waals surface area contributed by atoms with Gasteiger partial charge >= 0.3 is 232 Å². The van der Waals surface area contributed by atoms with Crippen LogP contribution in [0.15, 0.2) is 139 Å². The molecule has 0 spiro atoms. The Morgan fingerprint density at radius 2 is 1.20 bits per heavy atom. The van der Waals surface area contributed by atoms with Crippen LogP contribution >= 0.6 is 6.83 Å². The van der Waals surface area contributed by atoms with Gasteiger partial charge in [-0.15, -0.1) is 0 Å². The van der Waals surface area contributed by atoms with E-state index in [-0.39, 0.29) is 6.61 Å². The van der Waals surface area contributed by atoms with Crippen LogP contribution in [0.4, 0.5) is 13.2 Å². The summed E-state index contributed by atoms with van der Waals surface area (Å²) in [5.41, 5.74) is -3.17. The normalized spacial score (nSPS) is 20.8. The average Bonchev–Trinajstić information content (AvgIpc) is 3.34. The number of halogens is 3. The molecule has 0 bridgehead atoms. The fourth-order valence-electron chi connectivity index (χ4n) is 5.33. The molecule has 3 nitrogen and oxygen atoms in total. The van der Waals surface area contributed by atoms with Crippen LogP contribution < -0.4 is 15.9 Å². The SMILES string of the molecule is CCOC(=O)C1=CP(c2ccccc2)(c2ccccc2)(c2ccccc2)OC1(/C=C/c1ccccc1)C(F)(F)F. The van der Waals surface area contributed by atoms with E-state index in [1.165, 1.54) is 11.9 Å². The third-order valence-corrected chi connectivity index (χ3v) is 12.5. The van der Waals surface area contributed by atoms with Crippen molar-refractivity contribution in [2.75, 3.05) is 6.61 Å². The predicted molar refractivity (Wildman–Crippen MR) is 155 cm³/mol. The molecule has 0 saturated heterocycles. The minimum absolute atomic E-state index is 0.0928. The molecule has 1 aliphatic rings. The van der Waals surface area contributed by atoms with E-state index in [1.54, 1.807) is 128 Å². The molecule has 1 heterocycles. The zero-order valence-electron chi connectivity index (χ0n) is 21.8. The molecule has 5 rings (SSSR count). The summed E-state index contributed by atoms with van der Waals surface area (Å²) in [4.78, 5) is 13.6. The first-order valence-electron chi connectivity index (χ1n) is 12.9. The molecular weight excluding hydrogens is 532 g/mol. The zero-order valence-corrected chi connectivity index (χ0v) is 22.7. The maximum atomic E-state index is 15.6. The summed E-state index contributed by atoms with van der Waals surface area (Å²) in [5, 5.41) is 1.60. The number of hydrogen-bond donors (Lipinski definition) is 0. The van der Waals surface area contributed by atoms with Gasteiger partial charge in [-0.05, 0) is 0 Å². The van der Waals surface area contributed by atoms with E-state index in [0.717, 1.165) is 6.08 Å². The summed E-state index contributed by atoms with van der Waals surface area (Å²) >= 11 is 0. The van der Waals surface area contributed by atoms with Gasteiger partial charge in [0.25, 0.3) is 0 Å². The number of carbonyl (C=O) groups is 1. The van der Waals surface area contributed by atoms with Gasteiger partial charge in [0, 0.05) is 0 Å². The number of ether oxygens (including phenoxy) is 1. The van der Waals surface area contributed by atoms with E-state index < -0.39 is 30.2 Å². The number of esters is 1. The van der Waals surface area contributed by atoms with Gasteiger partial charge in [-0.3, -0.25) is 0 Å². The van der Waals surface area contributed by atoms with Crippen molar-refractivity contribution in [1.29, 1.82) is 0 Å². The van der Waals surface area contributed by atoms with Crippen molar-refractivity contribution in [3.05, 3.63) is 144 Å². The van der Waals surface area contributed by atoms with E-state index in [4.69, 9.17) is 9.26 Å². The van der Waals surface area contributed by atoms with Crippen molar-refractivity contribution in [2.45, 2.75) is 18.7 Å². The Morgan fingerprint density at radius 3 is 1.60 bits per heavy atom. The van der Waals surface area contributed by atoms with E-state index in [0.29, 0.717) is 21.5 Å². The summed E-state index contributed by atoms with van der Waals surface area (Å²) in [6.07, 6.45) is -2.72. The van der Waals surface area contributed by atoms with Crippen LogP contribution in [0.3, 0.4) is 0 Å². The summed E-state index contributed by atoms with van der Waals surface area (Å²) in [6, 6.07) is 35.2. The molecule has 204 valence electrons. The average molecular weight is 561 g/mol. The van der Waals surface area contributed by atoms with Crippen molar-refractivity contribution in [1.82, 2.24) is 0 Å². The van der Waals surface area contributed by atoms with E-state index >= 15 is 13.2 Å². The second-order valence-corrected chi connectivity index (χ2v) is 13.6. The number of rotatable bonds is 7. The fraction of sp³-hybridized carbons (Fsp3) is 0.121. The molecule has 0 fully saturated rings. The standard InChI is InChI=1S/C33H28F3O3P/c1-2-38-31(37)30-25-40(27-17-9-4-10-18-27,28-19-11-5-12-20-28,29-21-13-6-14-22-29)39-32(30,33(34,35)36)24-23-26-15-7-3-8-16-26/h3-25H,2H2,1H3/b24-23+. The number of benzene rings is 4. The van der Waals surface area contributed by atoms with Gasteiger partial charge in [0.2, 0.25) is 0 Å². The van der Waals surface area contributed by atoms with Crippen LogP contribution in [0, 0.1) is 0 Å². The first kappa shape index (κ1) is 27.6. The number of hydrogen-bond acceptors (Lipinski definition) is 3. The van der Waals surface area contributed by atoms with Crippen LogP contribution in [0.1, 0.15) is 12.5 Å².